The summed E-state index contributed by atoms with van der Waals surface area (Å²) >= 11 is 0. The number of ether oxygens (including phenoxy) is 1. The molecule has 1 aliphatic rings. The Hall–Kier alpha value is -3.68. The molecule has 160 valence electrons. The van der Waals surface area contributed by atoms with Crippen LogP contribution in [0.4, 0.5) is 20.7 Å². The second-order valence-corrected chi connectivity index (χ2v) is 8.32. The minimum atomic E-state index is -0.393. The van der Waals surface area contributed by atoms with Crippen molar-refractivity contribution in [3.8, 4) is 5.69 Å². The van der Waals surface area contributed by atoms with Crippen molar-refractivity contribution in [1.82, 2.24) is 9.78 Å². The molecule has 8 heteroatoms. The van der Waals surface area contributed by atoms with E-state index in [1.165, 1.54) is 17.0 Å². The molecule has 1 aromatic heterocycles. The Kier molecular flexibility index (Phi) is 5.22. The maximum absolute atomic E-state index is 13.4. The lowest BCUT2D eigenvalue weighted by atomic mass is 9.92. The van der Waals surface area contributed by atoms with E-state index in [1.807, 2.05) is 26.8 Å². The monoisotopic (exact) mass is 422 g/mol. The van der Waals surface area contributed by atoms with Crippen LogP contribution in [0.25, 0.3) is 5.69 Å². The molecule has 0 aliphatic carbocycles. The smallest absolute Gasteiger partial charge is 0.414 e. The molecule has 2 heterocycles. The van der Waals surface area contributed by atoms with Crippen molar-refractivity contribution in [1.29, 1.82) is 0 Å². The SMILES string of the molecule is CC(C)(C)c1cc(NC(=O)c2ccc(N3CCOC3=O)cc2)n(-c2ccc(F)cc2)n1. The van der Waals surface area contributed by atoms with Gasteiger partial charge < -0.3 is 10.1 Å². The standard InChI is InChI=1S/C23H23FN4O3/c1-23(2,3)19-14-20(28(26-19)18-10-6-16(24)7-11-18)25-21(29)15-4-8-17(9-5-15)27-12-13-31-22(27)30/h4-11,14H,12-13H2,1-3H3,(H,25,29). The summed E-state index contributed by atoms with van der Waals surface area (Å²) in [6.45, 7) is 6.91. The molecule has 3 aromatic rings. The van der Waals surface area contributed by atoms with Crippen LogP contribution in [0.5, 0.6) is 0 Å². The Morgan fingerprint density at radius 1 is 1.06 bits per heavy atom. The number of cyclic esters (lactones) is 1. The van der Waals surface area contributed by atoms with Gasteiger partial charge in [-0.1, -0.05) is 20.8 Å². The van der Waals surface area contributed by atoms with Gasteiger partial charge in [-0.25, -0.2) is 13.9 Å². The lowest BCUT2D eigenvalue weighted by molar-refractivity contribution is 0.102. The van der Waals surface area contributed by atoms with Crippen LogP contribution in [0.1, 0.15) is 36.8 Å². The predicted octanol–water partition coefficient (Wildman–Crippen LogP) is 4.52. The number of hydrogen-bond donors (Lipinski definition) is 1. The number of amides is 2. The second-order valence-electron chi connectivity index (χ2n) is 8.32. The fourth-order valence-corrected chi connectivity index (χ4v) is 3.22. The highest BCUT2D eigenvalue weighted by Crippen LogP contribution is 2.27. The fourth-order valence-electron chi connectivity index (χ4n) is 3.22. The fraction of sp³-hybridized carbons (Fsp3) is 0.261. The van der Waals surface area contributed by atoms with Crippen LogP contribution >= 0.6 is 0 Å². The summed E-state index contributed by atoms with van der Waals surface area (Å²) in [5, 5.41) is 7.52. The van der Waals surface area contributed by atoms with E-state index in [9.17, 15) is 14.0 Å². The van der Waals surface area contributed by atoms with E-state index in [0.717, 1.165) is 5.69 Å². The Labute approximate surface area is 179 Å². The van der Waals surface area contributed by atoms with Crippen LogP contribution in [0, 0.1) is 5.82 Å². The Balaban J connectivity index is 1.60. The number of benzene rings is 2. The minimum absolute atomic E-state index is 0.239. The molecule has 4 rings (SSSR count). The van der Waals surface area contributed by atoms with E-state index in [-0.39, 0.29) is 17.1 Å². The molecule has 0 unspecified atom stereocenters. The van der Waals surface area contributed by atoms with Gasteiger partial charge in [0.15, 0.2) is 0 Å². The van der Waals surface area contributed by atoms with E-state index in [1.54, 1.807) is 41.1 Å². The molecule has 0 spiro atoms. The van der Waals surface area contributed by atoms with Crippen LogP contribution in [-0.4, -0.2) is 34.9 Å². The molecule has 1 N–H and O–H groups in total. The van der Waals surface area contributed by atoms with Gasteiger partial charge in [0.2, 0.25) is 0 Å². The van der Waals surface area contributed by atoms with Crippen molar-refractivity contribution in [2.45, 2.75) is 26.2 Å². The summed E-state index contributed by atoms with van der Waals surface area (Å²) in [7, 11) is 0. The summed E-state index contributed by atoms with van der Waals surface area (Å²) in [5.41, 5.74) is 2.28. The first-order valence-corrected chi connectivity index (χ1v) is 9.94. The van der Waals surface area contributed by atoms with Crippen molar-refractivity contribution >= 4 is 23.5 Å². The zero-order chi connectivity index (χ0) is 22.2. The molecule has 2 aromatic carbocycles. The summed E-state index contributed by atoms with van der Waals surface area (Å²) in [4.78, 5) is 26.1. The highest BCUT2D eigenvalue weighted by molar-refractivity contribution is 6.04. The van der Waals surface area contributed by atoms with Gasteiger partial charge in [-0.3, -0.25) is 9.69 Å². The highest BCUT2D eigenvalue weighted by Gasteiger charge is 2.24. The quantitative estimate of drug-likeness (QED) is 0.671. The molecule has 31 heavy (non-hydrogen) atoms. The average molecular weight is 422 g/mol. The zero-order valence-corrected chi connectivity index (χ0v) is 17.6. The molecule has 0 radical (unpaired) electrons. The van der Waals surface area contributed by atoms with E-state index in [4.69, 9.17) is 4.74 Å². The number of rotatable bonds is 4. The number of aromatic nitrogens is 2. The molecule has 2 amide bonds. The van der Waals surface area contributed by atoms with Crippen LogP contribution in [0.3, 0.4) is 0 Å². The molecule has 0 atom stereocenters. The second kappa shape index (κ2) is 7.86. The highest BCUT2D eigenvalue weighted by atomic mass is 19.1. The van der Waals surface area contributed by atoms with Crippen molar-refractivity contribution in [2.75, 3.05) is 23.4 Å². The van der Waals surface area contributed by atoms with Crippen molar-refractivity contribution in [3.63, 3.8) is 0 Å². The van der Waals surface area contributed by atoms with E-state index in [0.29, 0.717) is 35.9 Å². The first-order valence-electron chi connectivity index (χ1n) is 9.94. The largest absolute Gasteiger partial charge is 0.447 e. The van der Waals surface area contributed by atoms with Crippen LogP contribution < -0.4 is 10.2 Å². The number of carbonyl (C=O) groups excluding carboxylic acids is 2. The topological polar surface area (TPSA) is 76.5 Å². The maximum Gasteiger partial charge on any atom is 0.414 e. The zero-order valence-electron chi connectivity index (χ0n) is 17.6. The molecule has 1 aliphatic heterocycles. The minimum Gasteiger partial charge on any atom is -0.447 e. The van der Waals surface area contributed by atoms with Gasteiger partial charge in [0.1, 0.15) is 18.2 Å². The normalized spacial score (nSPS) is 13.9. The molecule has 0 saturated carbocycles. The first kappa shape index (κ1) is 20.6. The summed E-state index contributed by atoms with van der Waals surface area (Å²) in [6, 6.07) is 14.4. The molecule has 1 saturated heterocycles. The van der Waals surface area contributed by atoms with E-state index >= 15 is 0 Å². The van der Waals surface area contributed by atoms with Gasteiger partial charge in [0.05, 0.1) is 17.9 Å². The first-order chi connectivity index (χ1) is 14.7. The van der Waals surface area contributed by atoms with Gasteiger partial charge in [0.25, 0.3) is 5.91 Å². The lowest BCUT2D eigenvalue weighted by Gasteiger charge is -2.14. The van der Waals surface area contributed by atoms with Crippen molar-refractivity contribution in [2.24, 2.45) is 0 Å². The number of anilines is 2. The number of hydrogen-bond acceptors (Lipinski definition) is 4. The van der Waals surface area contributed by atoms with Gasteiger partial charge >= 0.3 is 6.09 Å². The molecular formula is C23H23FN4O3. The Morgan fingerprint density at radius 2 is 1.71 bits per heavy atom. The molecular weight excluding hydrogens is 399 g/mol. The average Bonchev–Trinajstić information content (AvgIpc) is 3.35. The van der Waals surface area contributed by atoms with Crippen LogP contribution in [0.2, 0.25) is 0 Å². The number of carbonyl (C=O) groups is 2. The Morgan fingerprint density at radius 3 is 2.29 bits per heavy atom. The van der Waals surface area contributed by atoms with Gasteiger partial charge in [-0.15, -0.1) is 0 Å². The molecule has 0 bridgehead atoms. The Bertz CT molecular complexity index is 1120. The van der Waals surface area contributed by atoms with Crippen molar-refractivity contribution < 1.29 is 18.7 Å². The van der Waals surface area contributed by atoms with E-state index < -0.39 is 6.09 Å². The van der Waals surface area contributed by atoms with Crippen LogP contribution in [-0.2, 0) is 10.2 Å². The van der Waals surface area contributed by atoms with Gasteiger partial charge in [0, 0.05) is 22.7 Å². The lowest BCUT2D eigenvalue weighted by Crippen LogP contribution is -2.23. The van der Waals surface area contributed by atoms with Crippen LogP contribution in [0.15, 0.2) is 54.6 Å². The summed E-state index contributed by atoms with van der Waals surface area (Å²) < 4.78 is 19.9. The third-order valence-electron chi connectivity index (χ3n) is 4.99. The number of nitrogens with zero attached hydrogens (tertiary/aromatic N) is 3. The predicted molar refractivity (Wildman–Crippen MR) is 115 cm³/mol. The summed E-state index contributed by atoms with van der Waals surface area (Å²) in [5.74, 6) is -0.187. The summed E-state index contributed by atoms with van der Waals surface area (Å²) in [6.07, 6.45) is -0.393. The third-order valence-corrected chi connectivity index (χ3v) is 4.99. The molecule has 7 nitrogen and oxygen atoms in total. The number of nitrogens with one attached hydrogen (secondary N) is 1. The van der Waals surface area contributed by atoms with Crippen molar-refractivity contribution in [3.05, 3.63) is 71.7 Å². The number of halogens is 1. The van der Waals surface area contributed by atoms with E-state index in [2.05, 4.69) is 10.4 Å². The maximum atomic E-state index is 13.4. The van der Waals surface area contributed by atoms with Gasteiger partial charge in [-0.2, -0.15) is 5.10 Å². The molecule has 1 fully saturated rings. The third kappa shape index (κ3) is 4.28. The van der Waals surface area contributed by atoms with Gasteiger partial charge in [-0.05, 0) is 48.5 Å².